The standard InChI is InChI=1S/C12H9F3N2O2/c1-17-9(4-5-10(17)11(18)19)8-3-2-7(6-16-8)12(13,14)15/h2-6H,1H3,(H,18,19). The van der Waals surface area contributed by atoms with Crippen LogP contribution in [-0.2, 0) is 13.2 Å². The van der Waals surface area contributed by atoms with Crippen LogP contribution in [0.15, 0.2) is 30.5 Å². The number of carboxylic acid groups (broad SMARTS) is 1. The molecule has 0 spiro atoms. The number of hydrogen-bond acceptors (Lipinski definition) is 2. The second-order valence-corrected chi connectivity index (χ2v) is 3.90. The van der Waals surface area contributed by atoms with Crippen LogP contribution in [0.1, 0.15) is 16.1 Å². The molecule has 0 saturated heterocycles. The minimum absolute atomic E-state index is 0.0386. The fourth-order valence-electron chi connectivity index (χ4n) is 1.70. The van der Waals surface area contributed by atoms with Crippen LogP contribution in [0.5, 0.6) is 0 Å². The van der Waals surface area contributed by atoms with E-state index in [0.717, 1.165) is 12.3 Å². The van der Waals surface area contributed by atoms with Gasteiger partial charge in [0.15, 0.2) is 0 Å². The van der Waals surface area contributed by atoms with Crippen molar-refractivity contribution in [2.45, 2.75) is 6.18 Å². The molecule has 0 aromatic carbocycles. The van der Waals surface area contributed by atoms with E-state index in [-0.39, 0.29) is 11.4 Å². The van der Waals surface area contributed by atoms with Crippen LogP contribution < -0.4 is 0 Å². The third-order valence-electron chi connectivity index (χ3n) is 2.69. The van der Waals surface area contributed by atoms with Crippen molar-refractivity contribution in [2.75, 3.05) is 0 Å². The van der Waals surface area contributed by atoms with E-state index in [2.05, 4.69) is 4.98 Å². The van der Waals surface area contributed by atoms with Gasteiger partial charge < -0.3 is 9.67 Å². The van der Waals surface area contributed by atoms with Gasteiger partial charge in [-0.3, -0.25) is 4.98 Å². The Morgan fingerprint density at radius 2 is 1.95 bits per heavy atom. The highest BCUT2D eigenvalue weighted by Crippen LogP contribution is 2.29. The lowest BCUT2D eigenvalue weighted by molar-refractivity contribution is -0.137. The summed E-state index contributed by atoms with van der Waals surface area (Å²) in [5.41, 5.74) is -0.0882. The summed E-state index contributed by atoms with van der Waals surface area (Å²) in [6.45, 7) is 0. The van der Waals surface area contributed by atoms with Crippen LogP contribution in [0.4, 0.5) is 13.2 Å². The van der Waals surface area contributed by atoms with Gasteiger partial charge in [-0.1, -0.05) is 0 Å². The fourth-order valence-corrected chi connectivity index (χ4v) is 1.70. The first-order valence-corrected chi connectivity index (χ1v) is 5.23. The van der Waals surface area contributed by atoms with Crippen LogP contribution in [0.3, 0.4) is 0 Å². The third kappa shape index (κ3) is 2.44. The van der Waals surface area contributed by atoms with Crippen LogP contribution >= 0.6 is 0 Å². The Hall–Kier alpha value is -2.31. The summed E-state index contributed by atoms with van der Waals surface area (Å²) in [6.07, 6.45) is -3.71. The molecular formula is C12H9F3N2O2. The molecule has 0 fully saturated rings. The monoisotopic (exact) mass is 270 g/mol. The maximum Gasteiger partial charge on any atom is 0.417 e. The van der Waals surface area contributed by atoms with E-state index in [1.54, 1.807) is 0 Å². The van der Waals surface area contributed by atoms with Crippen molar-refractivity contribution in [3.8, 4) is 11.4 Å². The fraction of sp³-hybridized carbons (Fsp3) is 0.167. The Morgan fingerprint density at radius 3 is 2.37 bits per heavy atom. The first-order valence-electron chi connectivity index (χ1n) is 5.23. The predicted octanol–water partition coefficient (Wildman–Crippen LogP) is 2.80. The summed E-state index contributed by atoms with van der Waals surface area (Å²) in [4.78, 5) is 14.6. The van der Waals surface area contributed by atoms with Crippen molar-refractivity contribution in [3.05, 3.63) is 41.7 Å². The summed E-state index contributed by atoms with van der Waals surface area (Å²) in [7, 11) is 1.51. The van der Waals surface area contributed by atoms with E-state index in [1.807, 2.05) is 0 Å². The number of pyridine rings is 1. The van der Waals surface area contributed by atoms with Gasteiger partial charge in [-0.15, -0.1) is 0 Å². The molecule has 4 nitrogen and oxygen atoms in total. The van der Waals surface area contributed by atoms with Gasteiger partial charge in [-0.2, -0.15) is 13.2 Å². The average molecular weight is 270 g/mol. The van der Waals surface area contributed by atoms with Crippen molar-refractivity contribution in [3.63, 3.8) is 0 Å². The van der Waals surface area contributed by atoms with E-state index < -0.39 is 17.7 Å². The van der Waals surface area contributed by atoms with Crippen LogP contribution in [0.2, 0.25) is 0 Å². The zero-order chi connectivity index (χ0) is 14.2. The number of halogens is 3. The number of alkyl halides is 3. The SMILES string of the molecule is Cn1c(C(=O)O)ccc1-c1ccc(C(F)(F)F)cn1. The molecule has 0 aliphatic heterocycles. The van der Waals surface area contributed by atoms with Crippen molar-refractivity contribution in [2.24, 2.45) is 7.05 Å². The lowest BCUT2D eigenvalue weighted by Gasteiger charge is -2.08. The van der Waals surface area contributed by atoms with E-state index in [1.165, 1.54) is 29.8 Å². The summed E-state index contributed by atoms with van der Waals surface area (Å²) < 4.78 is 38.5. The topological polar surface area (TPSA) is 55.1 Å². The molecule has 2 aromatic rings. The van der Waals surface area contributed by atoms with Crippen molar-refractivity contribution in [1.82, 2.24) is 9.55 Å². The molecule has 0 amide bonds. The molecule has 100 valence electrons. The second kappa shape index (κ2) is 4.42. The number of carboxylic acids is 1. The van der Waals surface area contributed by atoms with E-state index in [4.69, 9.17) is 5.11 Å². The Labute approximate surface area is 106 Å². The van der Waals surface area contributed by atoms with Gasteiger partial charge in [0.05, 0.1) is 17.0 Å². The Kier molecular flexibility index (Phi) is 3.05. The zero-order valence-electron chi connectivity index (χ0n) is 9.77. The molecule has 1 N–H and O–H groups in total. The van der Waals surface area contributed by atoms with Gasteiger partial charge in [0.1, 0.15) is 5.69 Å². The summed E-state index contributed by atoms with van der Waals surface area (Å²) in [6, 6.07) is 5.00. The quantitative estimate of drug-likeness (QED) is 0.912. The van der Waals surface area contributed by atoms with Crippen LogP contribution in [-0.4, -0.2) is 20.6 Å². The van der Waals surface area contributed by atoms with Crippen LogP contribution in [0, 0.1) is 0 Å². The van der Waals surface area contributed by atoms with Gasteiger partial charge in [0.2, 0.25) is 0 Å². The first kappa shape index (κ1) is 13.1. The summed E-state index contributed by atoms with van der Waals surface area (Å²) in [5, 5.41) is 8.89. The van der Waals surface area contributed by atoms with Gasteiger partial charge in [0.25, 0.3) is 0 Å². The average Bonchev–Trinajstić information content (AvgIpc) is 2.70. The Bertz CT molecular complexity index is 615. The molecule has 2 aromatic heterocycles. The number of aromatic nitrogens is 2. The zero-order valence-corrected chi connectivity index (χ0v) is 9.77. The number of carbonyl (C=O) groups is 1. The van der Waals surface area contributed by atoms with Gasteiger partial charge in [0, 0.05) is 13.2 Å². The van der Waals surface area contributed by atoms with E-state index in [0.29, 0.717) is 5.69 Å². The third-order valence-corrected chi connectivity index (χ3v) is 2.69. The number of rotatable bonds is 2. The molecule has 2 heterocycles. The van der Waals surface area contributed by atoms with Crippen LogP contribution in [0.25, 0.3) is 11.4 Å². The molecule has 7 heteroatoms. The highest BCUT2D eigenvalue weighted by Gasteiger charge is 2.30. The lowest BCUT2D eigenvalue weighted by Crippen LogP contribution is -2.07. The molecule has 0 bridgehead atoms. The Morgan fingerprint density at radius 1 is 1.26 bits per heavy atom. The minimum atomic E-state index is -4.44. The molecule has 0 unspecified atom stereocenters. The van der Waals surface area contributed by atoms with Gasteiger partial charge >= 0.3 is 12.1 Å². The number of nitrogens with zero attached hydrogens (tertiary/aromatic N) is 2. The maximum atomic E-state index is 12.4. The van der Waals surface area contributed by atoms with Crippen molar-refractivity contribution >= 4 is 5.97 Å². The number of aromatic carboxylic acids is 1. The van der Waals surface area contributed by atoms with E-state index in [9.17, 15) is 18.0 Å². The summed E-state index contributed by atoms with van der Waals surface area (Å²) >= 11 is 0. The van der Waals surface area contributed by atoms with E-state index >= 15 is 0 Å². The molecule has 0 saturated carbocycles. The van der Waals surface area contributed by atoms with Crippen molar-refractivity contribution in [1.29, 1.82) is 0 Å². The Balaban J connectivity index is 2.41. The van der Waals surface area contributed by atoms with Gasteiger partial charge in [-0.05, 0) is 24.3 Å². The molecular weight excluding hydrogens is 261 g/mol. The molecule has 0 aliphatic carbocycles. The highest BCUT2D eigenvalue weighted by molar-refractivity contribution is 5.87. The normalized spacial score (nSPS) is 11.6. The first-order chi connectivity index (χ1) is 8.80. The molecule has 19 heavy (non-hydrogen) atoms. The smallest absolute Gasteiger partial charge is 0.417 e. The molecule has 0 atom stereocenters. The van der Waals surface area contributed by atoms with Crippen molar-refractivity contribution < 1.29 is 23.1 Å². The maximum absolute atomic E-state index is 12.4. The summed E-state index contributed by atoms with van der Waals surface area (Å²) in [5.74, 6) is -1.11. The largest absolute Gasteiger partial charge is 0.477 e. The number of hydrogen-bond donors (Lipinski definition) is 1. The molecule has 2 rings (SSSR count). The minimum Gasteiger partial charge on any atom is -0.477 e. The lowest BCUT2D eigenvalue weighted by atomic mass is 10.2. The van der Waals surface area contributed by atoms with Gasteiger partial charge in [-0.25, -0.2) is 4.79 Å². The second-order valence-electron chi connectivity index (χ2n) is 3.90. The predicted molar refractivity (Wildman–Crippen MR) is 60.6 cm³/mol. The molecule has 0 aliphatic rings. The molecule has 0 radical (unpaired) electrons. The highest BCUT2D eigenvalue weighted by atomic mass is 19.4.